The van der Waals surface area contributed by atoms with Gasteiger partial charge in [-0.3, -0.25) is 0 Å². The summed E-state index contributed by atoms with van der Waals surface area (Å²) >= 11 is 0. The van der Waals surface area contributed by atoms with Crippen LogP contribution in [0.25, 0.3) is 0 Å². The molecule has 0 N–H and O–H groups in total. The predicted octanol–water partition coefficient (Wildman–Crippen LogP) is 4.16. The van der Waals surface area contributed by atoms with E-state index in [1.807, 2.05) is 0 Å². The normalized spacial score (nSPS) is 40.9. The Bertz CT molecular complexity index is 274. The molecule has 1 saturated heterocycles. The summed E-state index contributed by atoms with van der Waals surface area (Å²) in [6, 6.07) is 0. The maximum absolute atomic E-state index is 6.28. The van der Waals surface area contributed by atoms with E-state index in [0.29, 0.717) is 23.9 Å². The molecule has 1 aliphatic carbocycles. The Labute approximate surface area is 112 Å². The fourth-order valence-corrected chi connectivity index (χ4v) is 3.19. The summed E-state index contributed by atoms with van der Waals surface area (Å²) in [4.78, 5) is 0. The molecule has 2 heteroatoms. The van der Waals surface area contributed by atoms with E-state index >= 15 is 0 Å². The van der Waals surface area contributed by atoms with Gasteiger partial charge in [-0.05, 0) is 31.6 Å². The van der Waals surface area contributed by atoms with Crippen LogP contribution in [0.5, 0.6) is 0 Å². The molecule has 2 rings (SSSR count). The van der Waals surface area contributed by atoms with Crippen molar-refractivity contribution < 1.29 is 9.47 Å². The zero-order chi connectivity index (χ0) is 13.0. The van der Waals surface area contributed by atoms with Gasteiger partial charge in [-0.2, -0.15) is 0 Å². The monoisotopic (exact) mass is 252 g/mol. The highest BCUT2D eigenvalue weighted by atomic mass is 16.7. The van der Waals surface area contributed by atoms with Gasteiger partial charge in [0, 0.05) is 11.8 Å². The molecule has 0 radical (unpaired) electrons. The molecule has 0 amide bonds. The van der Waals surface area contributed by atoms with Crippen molar-refractivity contribution in [2.75, 3.05) is 6.61 Å². The van der Waals surface area contributed by atoms with Crippen LogP contribution in [0, 0.1) is 17.8 Å². The molecule has 0 aromatic heterocycles. The van der Waals surface area contributed by atoms with Gasteiger partial charge < -0.3 is 9.47 Å². The van der Waals surface area contributed by atoms with E-state index in [1.165, 1.54) is 19.3 Å². The zero-order valence-corrected chi connectivity index (χ0v) is 12.1. The van der Waals surface area contributed by atoms with Crippen LogP contribution in [0.15, 0.2) is 12.2 Å². The highest BCUT2D eigenvalue weighted by molar-refractivity contribution is 4.95. The van der Waals surface area contributed by atoms with Crippen LogP contribution in [0.3, 0.4) is 0 Å². The maximum Gasteiger partial charge on any atom is 0.161 e. The standard InChI is InChI=1S/C16H28O2/c1-4-8-15-13(5-2)11-17-16(18-15)14-10-7-6-9-12(14)3/h6-7,12-16H,4-5,8-11H2,1-3H3/t12-,13-,14+,15+,16-/m0/s1. The fourth-order valence-electron chi connectivity index (χ4n) is 3.19. The van der Waals surface area contributed by atoms with Crippen LogP contribution in [-0.2, 0) is 9.47 Å². The van der Waals surface area contributed by atoms with E-state index in [1.54, 1.807) is 0 Å². The Morgan fingerprint density at radius 1 is 1.17 bits per heavy atom. The van der Waals surface area contributed by atoms with E-state index in [4.69, 9.17) is 9.47 Å². The van der Waals surface area contributed by atoms with Gasteiger partial charge in [0.25, 0.3) is 0 Å². The summed E-state index contributed by atoms with van der Waals surface area (Å²) in [5.74, 6) is 1.82. The van der Waals surface area contributed by atoms with Crippen molar-refractivity contribution in [2.24, 2.45) is 17.8 Å². The van der Waals surface area contributed by atoms with E-state index < -0.39 is 0 Å². The topological polar surface area (TPSA) is 18.5 Å². The first-order chi connectivity index (χ1) is 8.76. The molecule has 0 bridgehead atoms. The SMILES string of the molecule is CCC[C@H]1O[C@@H]([C@@H]2CC=CC[C@@H]2C)OC[C@@H]1CC. The maximum atomic E-state index is 6.28. The Morgan fingerprint density at radius 3 is 2.61 bits per heavy atom. The summed E-state index contributed by atoms with van der Waals surface area (Å²) in [6.07, 6.45) is 10.9. The second kappa shape index (κ2) is 6.72. The largest absolute Gasteiger partial charge is 0.352 e. The van der Waals surface area contributed by atoms with Crippen molar-refractivity contribution in [3.8, 4) is 0 Å². The molecular weight excluding hydrogens is 224 g/mol. The van der Waals surface area contributed by atoms with Gasteiger partial charge >= 0.3 is 0 Å². The molecule has 104 valence electrons. The lowest BCUT2D eigenvalue weighted by Gasteiger charge is -2.41. The minimum absolute atomic E-state index is 0.0318. The summed E-state index contributed by atoms with van der Waals surface area (Å²) in [5, 5.41) is 0. The van der Waals surface area contributed by atoms with Crippen LogP contribution < -0.4 is 0 Å². The van der Waals surface area contributed by atoms with E-state index in [9.17, 15) is 0 Å². The smallest absolute Gasteiger partial charge is 0.161 e. The Kier molecular flexibility index (Phi) is 5.25. The second-order valence-electron chi connectivity index (χ2n) is 5.92. The second-order valence-corrected chi connectivity index (χ2v) is 5.92. The van der Waals surface area contributed by atoms with Crippen LogP contribution in [-0.4, -0.2) is 19.0 Å². The van der Waals surface area contributed by atoms with Crippen LogP contribution in [0.2, 0.25) is 0 Å². The minimum atomic E-state index is 0.0318. The number of allylic oxidation sites excluding steroid dienone is 2. The van der Waals surface area contributed by atoms with Crippen molar-refractivity contribution in [3.05, 3.63) is 12.2 Å². The molecule has 1 heterocycles. The lowest BCUT2D eigenvalue weighted by atomic mass is 9.83. The average molecular weight is 252 g/mol. The molecule has 1 fully saturated rings. The van der Waals surface area contributed by atoms with E-state index in [2.05, 4.69) is 32.9 Å². The lowest BCUT2D eigenvalue weighted by Crippen LogP contribution is -2.44. The fraction of sp³-hybridized carbons (Fsp3) is 0.875. The zero-order valence-electron chi connectivity index (χ0n) is 12.1. The Hall–Kier alpha value is -0.340. The van der Waals surface area contributed by atoms with Crippen molar-refractivity contribution >= 4 is 0 Å². The molecule has 0 spiro atoms. The van der Waals surface area contributed by atoms with E-state index in [0.717, 1.165) is 19.4 Å². The van der Waals surface area contributed by atoms with Gasteiger partial charge in [-0.15, -0.1) is 0 Å². The molecule has 1 aliphatic heterocycles. The molecule has 18 heavy (non-hydrogen) atoms. The molecule has 2 nitrogen and oxygen atoms in total. The third-order valence-corrected chi connectivity index (χ3v) is 4.57. The average Bonchev–Trinajstić information content (AvgIpc) is 2.40. The third kappa shape index (κ3) is 3.16. The number of rotatable bonds is 4. The van der Waals surface area contributed by atoms with Crippen LogP contribution in [0.4, 0.5) is 0 Å². The molecule has 0 aromatic carbocycles. The van der Waals surface area contributed by atoms with Gasteiger partial charge in [-0.25, -0.2) is 0 Å². The summed E-state index contributed by atoms with van der Waals surface area (Å²) < 4.78 is 12.3. The van der Waals surface area contributed by atoms with Crippen LogP contribution >= 0.6 is 0 Å². The summed E-state index contributed by atoms with van der Waals surface area (Å²) in [5.41, 5.74) is 0. The minimum Gasteiger partial charge on any atom is -0.352 e. The van der Waals surface area contributed by atoms with Crippen molar-refractivity contribution in [1.29, 1.82) is 0 Å². The first kappa shape index (κ1) is 14.1. The number of hydrogen-bond acceptors (Lipinski definition) is 2. The van der Waals surface area contributed by atoms with Gasteiger partial charge in [-0.1, -0.05) is 39.3 Å². The molecule has 5 atom stereocenters. The molecule has 0 aromatic rings. The molecule has 2 aliphatic rings. The van der Waals surface area contributed by atoms with Gasteiger partial charge in [0.15, 0.2) is 6.29 Å². The highest BCUT2D eigenvalue weighted by Crippen LogP contribution is 2.35. The van der Waals surface area contributed by atoms with Crippen molar-refractivity contribution in [3.63, 3.8) is 0 Å². The first-order valence-corrected chi connectivity index (χ1v) is 7.68. The number of hydrogen-bond donors (Lipinski definition) is 0. The summed E-state index contributed by atoms with van der Waals surface area (Å²) in [6.45, 7) is 7.69. The first-order valence-electron chi connectivity index (χ1n) is 7.68. The number of ether oxygens (including phenoxy) is 2. The van der Waals surface area contributed by atoms with Crippen LogP contribution in [0.1, 0.15) is 52.9 Å². The third-order valence-electron chi connectivity index (χ3n) is 4.57. The molecular formula is C16H28O2. The Morgan fingerprint density at radius 2 is 1.94 bits per heavy atom. The van der Waals surface area contributed by atoms with Gasteiger partial charge in [0.05, 0.1) is 12.7 Å². The Balaban J connectivity index is 1.96. The van der Waals surface area contributed by atoms with E-state index in [-0.39, 0.29) is 6.29 Å². The van der Waals surface area contributed by atoms with Crippen molar-refractivity contribution in [1.82, 2.24) is 0 Å². The molecule has 0 unspecified atom stereocenters. The molecule has 0 saturated carbocycles. The summed E-state index contributed by atoms with van der Waals surface area (Å²) in [7, 11) is 0. The lowest BCUT2D eigenvalue weighted by molar-refractivity contribution is -0.264. The van der Waals surface area contributed by atoms with Crippen molar-refractivity contribution in [2.45, 2.75) is 65.3 Å². The highest BCUT2D eigenvalue weighted by Gasteiger charge is 2.36. The van der Waals surface area contributed by atoms with Gasteiger partial charge in [0.2, 0.25) is 0 Å². The van der Waals surface area contributed by atoms with Gasteiger partial charge in [0.1, 0.15) is 0 Å². The predicted molar refractivity (Wildman–Crippen MR) is 74.3 cm³/mol. The quantitative estimate of drug-likeness (QED) is 0.700.